The van der Waals surface area contributed by atoms with Gasteiger partial charge in [-0.1, -0.05) is 12.1 Å². The summed E-state index contributed by atoms with van der Waals surface area (Å²) >= 11 is 0. The van der Waals surface area contributed by atoms with Crippen molar-refractivity contribution in [3.8, 4) is 23.0 Å². The first-order valence-electron chi connectivity index (χ1n) is 17.6. The van der Waals surface area contributed by atoms with Crippen LogP contribution in [0.25, 0.3) is 6.08 Å². The SMILES string of the molecule is COc1cc(C=CC(=O)O[C@H]2[C@H](O[C@@H]3O[C@@H](C)[C@H](O)[C@@H](O)[C@H]3O)[C@@H](O)[C@H](OCCc3ccc(O)c(O)c3)O[C@@H]2CO[C@@H]2O[C@H](CO)[C@H](O)[C@H](O)[C@H]2O)ccc1O. The van der Waals surface area contributed by atoms with E-state index in [1.807, 2.05) is 0 Å². The molecule has 0 bridgehead atoms. The van der Waals surface area contributed by atoms with Gasteiger partial charge in [-0.2, -0.15) is 0 Å². The van der Waals surface area contributed by atoms with Gasteiger partial charge >= 0.3 is 5.97 Å². The molecule has 3 aliphatic rings. The summed E-state index contributed by atoms with van der Waals surface area (Å²) in [6, 6.07) is 8.31. The summed E-state index contributed by atoms with van der Waals surface area (Å²) in [6.45, 7) is -0.207. The molecule has 3 heterocycles. The van der Waals surface area contributed by atoms with Crippen molar-refractivity contribution in [2.24, 2.45) is 0 Å². The van der Waals surface area contributed by atoms with Crippen LogP contribution in [0.1, 0.15) is 18.1 Å². The number of hydrogen-bond donors (Lipinski definition) is 11. The van der Waals surface area contributed by atoms with Crippen LogP contribution in [0, 0.1) is 0 Å². The van der Waals surface area contributed by atoms with E-state index in [1.54, 1.807) is 0 Å². The van der Waals surface area contributed by atoms with E-state index in [4.69, 9.17) is 37.9 Å². The maximum atomic E-state index is 13.4. The van der Waals surface area contributed by atoms with Crippen LogP contribution in [0.5, 0.6) is 23.0 Å². The Labute approximate surface area is 319 Å². The molecule has 3 fully saturated rings. The number of methoxy groups -OCH3 is 1. The zero-order valence-electron chi connectivity index (χ0n) is 30.2. The molecule has 0 radical (unpaired) electrons. The molecular weight excluding hydrogens is 752 g/mol. The Kier molecular flexibility index (Phi) is 14.9. The number of aromatic hydroxyl groups is 3. The Morgan fingerprint density at radius 1 is 0.714 bits per heavy atom. The van der Waals surface area contributed by atoms with Gasteiger partial charge < -0.3 is 94.1 Å². The molecule has 56 heavy (non-hydrogen) atoms. The number of phenols is 3. The predicted octanol–water partition coefficient (Wildman–Crippen LogP) is -2.89. The molecule has 3 saturated heterocycles. The number of benzene rings is 2. The molecule has 0 spiro atoms. The first-order valence-corrected chi connectivity index (χ1v) is 17.6. The van der Waals surface area contributed by atoms with Gasteiger partial charge in [0.05, 0.1) is 33.0 Å². The molecule has 0 saturated carbocycles. The Bertz CT molecular complexity index is 1620. The first-order chi connectivity index (χ1) is 26.6. The highest BCUT2D eigenvalue weighted by Gasteiger charge is 2.53. The van der Waals surface area contributed by atoms with E-state index < -0.39 is 111 Å². The minimum atomic E-state index is -1.87. The minimum absolute atomic E-state index is 0.115. The van der Waals surface area contributed by atoms with Crippen molar-refractivity contribution in [1.82, 2.24) is 0 Å². The molecule has 2 aromatic rings. The van der Waals surface area contributed by atoms with E-state index in [0.717, 1.165) is 6.08 Å². The zero-order valence-corrected chi connectivity index (χ0v) is 30.2. The van der Waals surface area contributed by atoms with Crippen LogP contribution in [-0.2, 0) is 44.4 Å². The van der Waals surface area contributed by atoms with Gasteiger partial charge in [0, 0.05) is 6.08 Å². The van der Waals surface area contributed by atoms with Crippen molar-refractivity contribution in [3.63, 3.8) is 0 Å². The van der Waals surface area contributed by atoms with Crippen LogP contribution in [0.2, 0.25) is 0 Å². The number of phenolic OH excluding ortho intramolecular Hbond substituents is 3. The topological polar surface area (TPSA) is 313 Å². The van der Waals surface area contributed by atoms with Crippen molar-refractivity contribution in [2.75, 3.05) is 26.9 Å². The van der Waals surface area contributed by atoms with Crippen LogP contribution >= 0.6 is 0 Å². The number of hydrogen-bond acceptors (Lipinski definition) is 20. The fourth-order valence-corrected chi connectivity index (χ4v) is 6.29. The summed E-state index contributed by atoms with van der Waals surface area (Å²) in [6.07, 6.45) is -22.2. The van der Waals surface area contributed by atoms with Gasteiger partial charge in [-0.3, -0.25) is 0 Å². The smallest absolute Gasteiger partial charge is 0.331 e. The number of carbonyl (C=O) groups is 1. The molecular formula is C36H48O20. The summed E-state index contributed by atoms with van der Waals surface area (Å²) in [5.41, 5.74) is 0.925. The Balaban J connectivity index is 1.44. The molecule has 2 aromatic carbocycles. The summed E-state index contributed by atoms with van der Waals surface area (Å²) < 4.78 is 45.5. The standard InChI is InChI=1S/C36H48O20/c1-15-25(42)27(44)30(47)36(52-15)56-33-31(48)35(50-10-9-17-3-6-18(38)20(40)11-17)54-23(14-51-34-29(46)28(45)26(43)22(13-37)53-34)32(33)55-24(41)8-5-16-4-7-19(39)21(12-16)49-2/h3-8,11-12,15,22-23,25-40,42-48H,9-10,13-14H2,1-2H3/t15-,22+,23+,25-,26-,27+,28-,29+,30+,31+,32+,33+,34+,35+,36-/m0/s1. The summed E-state index contributed by atoms with van der Waals surface area (Å²) in [4.78, 5) is 13.4. The van der Waals surface area contributed by atoms with Crippen molar-refractivity contribution < 1.29 is 98.9 Å². The van der Waals surface area contributed by atoms with Crippen LogP contribution in [0.15, 0.2) is 42.5 Å². The molecule has 3 aliphatic heterocycles. The van der Waals surface area contributed by atoms with Crippen LogP contribution in [-0.4, -0.2) is 181 Å². The van der Waals surface area contributed by atoms with Gasteiger partial charge in [-0.05, 0) is 54.8 Å². The second-order valence-electron chi connectivity index (χ2n) is 13.5. The van der Waals surface area contributed by atoms with E-state index in [-0.39, 0.29) is 36.0 Å². The third-order valence-electron chi connectivity index (χ3n) is 9.57. The van der Waals surface area contributed by atoms with E-state index in [1.165, 1.54) is 56.5 Å². The molecule has 0 unspecified atom stereocenters. The van der Waals surface area contributed by atoms with E-state index >= 15 is 0 Å². The van der Waals surface area contributed by atoms with Crippen LogP contribution in [0.4, 0.5) is 0 Å². The second kappa shape index (κ2) is 19.2. The predicted molar refractivity (Wildman–Crippen MR) is 185 cm³/mol. The molecule has 20 nitrogen and oxygen atoms in total. The molecule has 0 aromatic heterocycles. The lowest BCUT2D eigenvalue weighted by molar-refractivity contribution is -0.364. The fraction of sp³-hybridized carbons (Fsp3) is 0.583. The maximum Gasteiger partial charge on any atom is 0.331 e. The van der Waals surface area contributed by atoms with Gasteiger partial charge in [0.1, 0.15) is 61.0 Å². The molecule has 20 heteroatoms. The maximum absolute atomic E-state index is 13.4. The van der Waals surface area contributed by atoms with E-state index in [2.05, 4.69) is 0 Å². The van der Waals surface area contributed by atoms with Gasteiger partial charge in [0.25, 0.3) is 0 Å². The number of carbonyl (C=O) groups excluding carboxylic acids is 1. The van der Waals surface area contributed by atoms with Gasteiger partial charge in [0.15, 0.2) is 48.0 Å². The Hall–Kier alpha value is -3.71. The number of aliphatic hydroxyl groups excluding tert-OH is 8. The average Bonchev–Trinajstić information content (AvgIpc) is 3.18. The van der Waals surface area contributed by atoms with Gasteiger partial charge in [-0.25, -0.2) is 4.79 Å². The highest BCUT2D eigenvalue weighted by atomic mass is 16.8. The van der Waals surface area contributed by atoms with Crippen molar-refractivity contribution in [1.29, 1.82) is 0 Å². The molecule has 312 valence electrons. The summed E-state index contributed by atoms with van der Waals surface area (Å²) in [5.74, 6) is -1.81. The van der Waals surface area contributed by atoms with Crippen LogP contribution < -0.4 is 4.74 Å². The minimum Gasteiger partial charge on any atom is -0.504 e. The summed E-state index contributed by atoms with van der Waals surface area (Å²) in [5, 5.41) is 113. The van der Waals surface area contributed by atoms with Crippen molar-refractivity contribution >= 4 is 12.0 Å². The Morgan fingerprint density at radius 2 is 1.38 bits per heavy atom. The number of rotatable bonds is 14. The lowest BCUT2D eigenvalue weighted by Gasteiger charge is -2.47. The van der Waals surface area contributed by atoms with Gasteiger partial charge in [0.2, 0.25) is 0 Å². The van der Waals surface area contributed by atoms with Crippen LogP contribution in [0.3, 0.4) is 0 Å². The third-order valence-corrected chi connectivity index (χ3v) is 9.57. The average molecular weight is 801 g/mol. The molecule has 5 rings (SSSR count). The van der Waals surface area contributed by atoms with Crippen molar-refractivity contribution in [2.45, 2.75) is 105 Å². The van der Waals surface area contributed by atoms with E-state index in [9.17, 15) is 61.0 Å². The fourth-order valence-electron chi connectivity index (χ4n) is 6.29. The summed E-state index contributed by atoms with van der Waals surface area (Å²) in [7, 11) is 1.33. The lowest BCUT2D eigenvalue weighted by Crippen LogP contribution is -2.65. The number of ether oxygens (including phenoxy) is 8. The largest absolute Gasteiger partial charge is 0.504 e. The highest BCUT2D eigenvalue weighted by Crippen LogP contribution is 2.33. The first kappa shape index (κ1) is 43.4. The van der Waals surface area contributed by atoms with Gasteiger partial charge in [-0.15, -0.1) is 0 Å². The normalized spacial score (nSPS) is 36.4. The quantitative estimate of drug-likeness (QED) is 0.0519. The van der Waals surface area contributed by atoms with Crippen molar-refractivity contribution in [3.05, 3.63) is 53.6 Å². The monoisotopic (exact) mass is 800 g/mol. The van der Waals surface area contributed by atoms with E-state index in [0.29, 0.717) is 11.1 Å². The Morgan fingerprint density at radius 3 is 2.07 bits per heavy atom. The molecule has 0 amide bonds. The number of aliphatic hydroxyl groups is 8. The highest BCUT2D eigenvalue weighted by molar-refractivity contribution is 5.87. The zero-order chi connectivity index (χ0) is 40.8. The molecule has 11 N–H and O–H groups in total. The number of esters is 1. The molecule has 0 aliphatic carbocycles. The third kappa shape index (κ3) is 10.0. The lowest BCUT2D eigenvalue weighted by atomic mass is 9.96. The second-order valence-corrected chi connectivity index (χ2v) is 13.5. The molecule has 15 atom stereocenters.